The van der Waals surface area contributed by atoms with Crippen LogP contribution in [0.25, 0.3) is 22.6 Å². The molecule has 4 aromatic rings. The Morgan fingerprint density at radius 3 is 2.60 bits per heavy atom. The number of fused-ring (bicyclic) bond motifs is 1. The zero-order valence-electron chi connectivity index (χ0n) is 16.4. The maximum absolute atomic E-state index is 12.4. The van der Waals surface area contributed by atoms with Gasteiger partial charge >= 0.3 is 0 Å². The zero-order chi connectivity index (χ0) is 21.1. The lowest BCUT2D eigenvalue weighted by atomic mass is 10.1. The lowest BCUT2D eigenvalue weighted by Crippen LogP contribution is -2.20. The first kappa shape index (κ1) is 20.0. The number of hydrogen-bond donors (Lipinski definition) is 1. The molecule has 1 amide bonds. The predicted molar refractivity (Wildman–Crippen MR) is 119 cm³/mol. The number of carbonyl (C=O) groups is 1. The summed E-state index contributed by atoms with van der Waals surface area (Å²) in [7, 11) is 1.61. The first-order chi connectivity index (χ1) is 14.5. The van der Waals surface area contributed by atoms with Gasteiger partial charge in [-0.05, 0) is 61.0 Å². The second kappa shape index (κ2) is 8.59. The van der Waals surface area contributed by atoms with Crippen LogP contribution in [0, 0.1) is 6.92 Å². The van der Waals surface area contributed by atoms with Crippen molar-refractivity contribution in [2.75, 3.05) is 19.0 Å². The molecule has 0 fully saturated rings. The minimum absolute atomic E-state index is 0.0893. The third kappa shape index (κ3) is 4.46. The molecule has 3 aromatic carbocycles. The molecule has 4 rings (SSSR count). The van der Waals surface area contributed by atoms with E-state index in [-0.39, 0.29) is 12.5 Å². The third-order valence-electron chi connectivity index (χ3n) is 4.54. The summed E-state index contributed by atoms with van der Waals surface area (Å²) in [5.41, 5.74) is 3.74. The molecular weight excluding hydrogens is 448 g/mol. The Labute approximate surface area is 182 Å². The molecule has 0 spiro atoms. The molecule has 0 radical (unpaired) electrons. The van der Waals surface area contributed by atoms with E-state index < -0.39 is 0 Å². The second-order valence-corrected chi connectivity index (χ2v) is 7.59. The summed E-state index contributed by atoms with van der Waals surface area (Å²) in [5, 5.41) is 2.89. The lowest BCUT2D eigenvalue weighted by molar-refractivity contribution is -0.118. The van der Waals surface area contributed by atoms with Crippen LogP contribution in [0.15, 0.2) is 69.6 Å². The van der Waals surface area contributed by atoms with E-state index in [0.717, 1.165) is 15.6 Å². The van der Waals surface area contributed by atoms with Gasteiger partial charge in [-0.2, -0.15) is 0 Å². The molecule has 6 nitrogen and oxygen atoms in total. The molecule has 1 N–H and O–H groups in total. The number of ether oxygens (including phenoxy) is 2. The number of hydrogen-bond acceptors (Lipinski definition) is 5. The normalized spacial score (nSPS) is 10.8. The number of amides is 1. The van der Waals surface area contributed by atoms with Crippen LogP contribution in [0.5, 0.6) is 11.5 Å². The Balaban J connectivity index is 1.50. The second-order valence-electron chi connectivity index (χ2n) is 6.67. The van der Waals surface area contributed by atoms with Gasteiger partial charge in [0.05, 0.1) is 7.11 Å². The number of oxazole rings is 1. The maximum Gasteiger partial charge on any atom is 0.262 e. The van der Waals surface area contributed by atoms with Crippen molar-refractivity contribution in [2.24, 2.45) is 0 Å². The highest BCUT2D eigenvalue weighted by molar-refractivity contribution is 9.10. The minimum atomic E-state index is -0.250. The highest BCUT2D eigenvalue weighted by Gasteiger charge is 2.12. The fourth-order valence-corrected chi connectivity index (χ4v) is 3.18. The summed E-state index contributed by atoms with van der Waals surface area (Å²) < 4.78 is 17.6. The molecule has 0 saturated heterocycles. The molecule has 152 valence electrons. The van der Waals surface area contributed by atoms with Gasteiger partial charge in [0.1, 0.15) is 17.0 Å². The highest BCUT2D eigenvalue weighted by atomic mass is 79.9. The summed E-state index contributed by atoms with van der Waals surface area (Å²) in [4.78, 5) is 16.9. The van der Waals surface area contributed by atoms with Crippen LogP contribution in [0.2, 0.25) is 0 Å². The van der Waals surface area contributed by atoms with Crippen molar-refractivity contribution in [3.63, 3.8) is 0 Å². The largest absolute Gasteiger partial charge is 0.497 e. The maximum atomic E-state index is 12.4. The van der Waals surface area contributed by atoms with Crippen molar-refractivity contribution in [1.29, 1.82) is 0 Å². The lowest BCUT2D eigenvalue weighted by Gasteiger charge is -2.10. The van der Waals surface area contributed by atoms with Gasteiger partial charge in [-0.3, -0.25) is 4.79 Å². The van der Waals surface area contributed by atoms with E-state index in [9.17, 15) is 4.79 Å². The van der Waals surface area contributed by atoms with E-state index in [4.69, 9.17) is 13.9 Å². The fourth-order valence-electron chi connectivity index (χ4n) is 2.91. The quantitative estimate of drug-likeness (QED) is 0.400. The van der Waals surface area contributed by atoms with Crippen molar-refractivity contribution in [3.05, 3.63) is 70.7 Å². The van der Waals surface area contributed by atoms with Crippen molar-refractivity contribution in [1.82, 2.24) is 4.98 Å². The van der Waals surface area contributed by atoms with E-state index in [1.807, 2.05) is 55.5 Å². The van der Waals surface area contributed by atoms with E-state index in [2.05, 4.69) is 26.2 Å². The van der Waals surface area contributed by atoms with E-state index in [1.54, 1.807) is 19.2 Å². The average molecular weight is 467 g/mol. The van der Waals surface area contributed by atoms with E-state index >= 15 is 0 Å². The molecular formula is C23H19BrN2O4. The summed E-state index contributed by atoms with van der Waals surface area (Å²) in [6.45, 7) is 1.83. The number of anilines is 1. The van der Waals surface area contributed by atoms with Crippen molar-refractivity contribution >= 4 is 38.6 Å². The van der Waals surface area contributed by atoms with Crippen LogP contribution in [0.4, 0.5) is 5.69 Å². The molecule has 0 unspecified atom stereocenters. The summed E-state index contributed by atoms with van der Waals surface area (Å²) >= 11 is 3.37. The van der Waals surface area contributed by atoms with Gasteiger partial charge in [0.25, 0.3) is 5.91 Å². The fraction of sp³-hybridized carbons (Fsp3) is 0.130. The Kier molecular flexibility index (Phi) is 5.72. The van der Waals surface area contributed by atoms with E-state index in [1.165, 1.54) is 0 Å². The molecule has 0 atom stereocenters. The molecule has 0 saturated carbocycles. The van der Waals surface area contributed by atoms with Crippen LogP contribution in [0.3, 0.4) is 0 Å². The summed E-state index contributed by atoms with van der Waals surface area (Å²) in [6, 6.07) is 18.4. The number of methoxy groups -OCH3 is 1. The summed E-state index contributed by atoms with van der Waals surface area (Å²) in [6.07, 6.45) is 0. The van der Waals surface area contributed by atoms with Gasteiger partial charge in [0, 0.05) is 21.8 Å². The Hall–Kier alpha value is -3.32. The molecule has 30 heavy (non-hydrogen) atoms. The van der Waals surface area contributed by atoms with Gasteiger partial charge in [0.2, 0.25) is 5.89 Å². The Bertz CT molecular complexity index is 1200. The summed E-state index contributed by atoms with van der Waals surface area (Å²) in [5.74, 6) is 1.56. The van der Waals surface area contributed by atoms with Crippen LogP contribution in [0.1, 0.15) is 5.56 Å². The van der Waals surface area contributed by atoms with Crippen molar-refractivity contribution in [3.8, 4) is 23.0 Å². The number of rotatable bonds is 6. The number of aromatic nitrogens is 1. The Morgan fingerprint density at radius 1 is 1.07 bits per heavy atom. The number of halogens is 1. The van der Waals surface area contributed by atoms with Gasteiger partial charge in [-0.1, -0.05) is 22.0 Å². The predicted octanol–water partition coefficient (Wildman–Crippen LogP) is 5.59. The molecule has 0 aliphatic heterocycles. The Morgan fingerprint density at radius 2 is 1.83 bits per heavy atom. The molecule has 0 aliphatic rings. The number of carbonyl (C=O) groups excluding carboxylic acids is 1. The zero-order valence-corrected chi connectivity index (χ0v) is 18.0. The first-order valence-electron chi connectivity index (χ1n) is 9.25. The molecule has 1 aromatic heterocycles. The van der Waals surface area contributed by atoms with Crippen molar-refractivity contribution in [2.45, 2.75) is 6.92 Å². The average Bonchev–Trinajstić information content (AvgIpc) is 3.18. The van der Waals surface area contributed by atoms with Gasteiger partial charge < -0.3 is 19.2 Å². The SMILES string of the molecule is COc1ccc2oc(-c3ccc(C)c(NC(=O)COc4ccc(Br)cc4)c3)nc2c1. The first-order valence-corrected chi connectivity index (χ1v) is 10.0. The van der Waals surface area contributed by atoms with Crippen LogP contribution >= 0.6 is 15.9 Å². The van der Waals surface area contributed by atoms with Gasteiger partial charge in [-0.15, -0.1) is 0 Å². The molecule has 1 heterocycles. The molecule has 0 bridgehead atoms. The minimum Gasteiger partial charge on any atom is -0.497 e. The third-order valence-corrected chi connectivity index (χ3v) is 5.07. The van der Waals surface area contributed by atoms with Gasteiger partial charge in [-0.25, -0.2) is 4.98 Å². The van der Waals surface area contributed by atoms with Crippen LogP contribution in [-0.2, 0) is 4.79 Å². The monoisotopic (exact) mass is 466 g/mol. The van der Waals surface area contributed by atoms with Crippen molar-refractivity contribution < 1.29 is 18.7 Å². The highest BCUT2D eigenvalue weighted by Crippen LogP contribution is 2.29. The number of nitrogens with zero attached hydrogens (tertiary/aromatic N) is 1. The number of aryl methyl sites for hydroxylation is 1. The molecule has 0 aliphatic carbocycles. The van der Waals surface area contributed by atoms with Crippen LogP contribution < -0.4 is 14.8 Å². The number of benzene rings is 3. The smallest absolute Gasteiger partial charge is 0.262 e. The topological polar surface area (TPSA) is 73.6 Å². The standard InChI is InChI=1S/C23H19BrN2O4/c1-14-3-4-15(23-26-20-12-18(28-2)9-10-21(20)30-23)11-19(14)25-22(27)13-29-17-7-5-16(24)6-8-17/h3-12H,13H2,1-2H3,(H,25,27). The van der Waals surface area contributed by atoms with E-state index in [0.29, 0.717) is 34.2 Å². The molecule has 7 heteroatoms. The number of nitrogens with one attached hydrogen (secondary N) is 1. The van der Waals surface area contributed by atoms with Gasteiger partial charge in [0.15, 0.2) is 12.2 Å². The van der Waals surface area contributed by atoms with Crippen LogP contribution in [-0.4, -0.2) is 24.6 Å².